The van der Waals surface area contributed by atoms with Gasteiger partial charge in [-0.15, -0.1) is 0 Å². The van der Waals surface area contributed by atoms with Crippen LogP contribution in [0.5, 0.6) is 0 Å². The first-order valence-corrected chi connectivity index (χ1v) is 8.75. The second-order valence-corrected chi connectivity index (χ2v) is 6.62. The molecule has 1 aliphatic heterocycles. The van der Waals surface area contributed by atoms with E-state index < -0.39 is 0 Å². The van der Waals surface area contributed by atoms with Gasteiger partial charge in [0, 0.05) is 55.9 Å². The van der Waals surface area contributed by atoms with Gasteiger partial charge in [-0.3, -0.25) is 10.00 Å². The van der Waals surface area contributed by atoms with Crippen LogP contribution in [0.4, 0.5) is 5.69 Å². The molecule has 3 aromatic rings. The van der Waals surface area contributed by atoms with Crippen LogP contribution in [0, 0.1) is 6.92 Å². The van der Waals surface area contributed by atoms with Crippen molar-refractivity contribution < 1.29 is 0 Å². The summed E-state index contributed by atoms with van der Waals surface area (Å²) in [5.74, 6) is 0. The number of nitrogens with one attached hydrogen (secondary N) is 1. The van der Waals surface area contributed by atoms with E-state index in [0.717, 1.165) is 44.8 Å². The van der Waals surface area contributed by atoms with Crippen molar-refractivity contribution in [1.29, 1.82) is 0 Å². The summed E-state index contributed by atoms with van der Waals surface area (Å²) in [6, 6.07) is 17.4. The number of hydrogen-bond donors (Lipinski definition) is 1. The van der Waals surface area contributed by atoms with E-state index in [2.05, 4.69) is 75.5 Å². The topological polar surface area (TPSA) is 35.2 Å². The van der Waals surface area contributed by atoms with Gasteiger partial charge in [0.15, 0.2) is 0 Å². The van der Waals surface area contributed by atoms with E-state index in [1.165, 1.54) is 22.2 Å². The Bertz CT molecular complexity index is 810. The number of aromatic amines is 1. The van der Waals surface area contributed by atoms with Gasteiger partial charge >= 0.3 is 0 Å². The first-order chi connectivity index (χ1) is 11.8. The van der Waals surface area contributed by atoms with Gasteiger partial charge in [-0.2, -0.15) is 5.10 Å². The largest absolute Gasteiger partial charge is 0.368 e. The lowest BCUT2D eigenvalue weighted by atomic mass is 10.1. The third-order valence-electron chi connectivity index (χ3n) is 4.92. The molecule has 4 nitrogen and oxygen atoms in total. The third kappa shape index (κ3) is 3.15. The molecular formula is C20H24N4. The molecule has 2 heterocycles. The summed E-state index contributed by atoms with van der Waals surface area (Å²) in [4.78, 5) is 5.07. The van der Waals surface area contributed by atoms with Gasteiger partial charge in [-0.05, 0) is 24.4 Å². The number of piperazine rings is 1. The van der Waals surface area contributed by atoms with E-state index in [0.29, 0.717) is 0 Å². The lowest BCUT2D eigenvalue weighted by Crippen LogP contribution is -2.47. The van der Waals surface area contributed by atoms with Crippen LogP contribution < -0.4 is 4.90 Å². The fraction of sp³-hybridized carbons (Fsp3) is 0.350. The minimum absolute atomic E-state index is 1.03. The van der Waals surface area contributed by atoms with Crippen molar-refractivity contribution in [2.24, 2.45) is 0 Å². The van der Waals surface area contributed by atoms with Crippen molar-refractivity contribution in [2.75, 3.05) is 37.6 Å². The van der Waals surface area contributed by atoms with Crippen molar-refractivity contribution in [3.63, 3.8) is 0 Å². The van der Waals surface area contributed by atoms with E-state index in [1.807, 2.05) is 0 Å². The Labute approximate surface area is 143 Å². The van der Waals surface area contributed by atoms with Gasteiger partial charge in [0.05, 0.1) is 5.69 Å². The number of fused-ring (bicyclic) bond motifs is 1. The van der Waals surface area contributed by atoms with E-state index in [4.69, 9.17) is 0 Å². The fourth-order valence-electron chi connectivity index (χ4n) is 3.57. The zero-order valence-corrected chi connectivity index (χ0v) is 14.2. The van der Waals surface area contributed by atoms with Gasteiger partial charge < -0.3 is 4.90 Å². The molecule has 24 heavy (non-hydrogen) atoms. The first kappa shape index (κ1) is 15.2. The zero-order chi connectivity index (χ0) is 16.4. The SMILES string of the molecule is Cc1cc(CCN2CCN(c3cccc4ccccc34)CC2)n[nH]1. The summed E-state index contributed by atoms with van der Waals surface area (Å²) in [6.07, 6.45) is 1.03. The van der Waals surface area contributed by atoms with Crippen LogP contribution in [0.25, 0.3) is 10.8 Å². The predicted molar refractivity (Wildman–Crippen MR) is 99.6 cm³/mol. The molecule has 4 heteroatoms. The average Bonchev–Trinajstić information content (AvgIpc) is 3.05. The predicted octanol–water partition coefficient (Wildman–Crippen LogP) is 3.24. The van der Waals surface area contributed by atoms with Crippen molar-refractivity contribution in [3.8, 4) is 0 Å². The molecule has 0 bridgehead atoms. The molecule has 1 N–H and O–H groups in total. The molecule has 124 valence electrons. The Hall–Kier alpha value is -2.33. The Kier molecular flexibility index (Phi) is 4.22. The Morgan fingerprint density at radius 3 is 2.58 bits per heavy atom. The van der Waals surface area contributed by atoms with Crippen LogP contribution >= 0.6 is 0 Å². The van der Waals surface area contributed by atoms with Gasteiger partial charge in [0.25, 0.3) is 0 Å². The maximum Gasteiger partial charge on any atom is 0.0637 e. The number of rotatable bonds is 4. The van der Waals surface area contributed by atoms with Crippen LogP contribution in [-0.2, 0) is 6.42 Å². The van der Waals surface area contributed by atoms with E-state index >= 15 is 0 Å². The van der Waals surface area contributed by atoms with Gasteiger partial charge in [0.1, 0.15) is 0 Å². The molecule has 0 atom stereocenters. The summed E-state index contributed by atoms with van der Waals surface area (Å²) in [5.41, 5.74) is 3.69. The summed E-state index contributed by atoms with van der Waals surface area (Å²) < 4.78 is 0. The summed E-state index contributed by atoms with van der Waals surface area (Å²) in [7, 11) is 0. The van der Waals surface area contributed by atoms with E-state index in [-0.39, 0.29) is 0 Å². The van der Waals surface area contributed by atoms with Crippen LogP contribution in [0.1, 0.15) is 11.4 Å². The highest BCUT2D eigenvalue weighted by Gasteiger charge is 2.18. The number of nitrogens with zero attached hydrogens (tertiary/aromatic N) is 3. The molecular weight excluding hydrogens is 296 g/mol. The highest BCUT2D eigenvalue weighted by atomic mass is 15.3. The lowest BCUT2D eigenvalue weighted by molar-refractivity contribution is 0.260. The summed E-state index contributed by atoms with van der Waals surface area (Å²) in [5, 5.41) is 10.0. The zero-order valence-electron chi connectivity index (χ0n) is 14.2. The first-order valence-electron chi connectivity index (χ1n) is 8.75. The molecule has 1 saturated heterocycles. The molecule has 2 aromatic carbocycles. The van der Waals surface area contributed by atoms with Crippen molar-refractivity contribution >= 4 is 16.5 Å². The fourth-order valence-corrected chi connectivity index (χ4v) is 3.57. The van der Waals surface area contributed by atoms with Gasteiger partial charge in [-0.25, -0.2) is 0 Å². The number of benzene rings is 2. The van der Waals surface area contributed by atoms with Crippen molar-refractivity contribution in [1.82, 2.24) is 15.1 Å². The van der Waals surface area contributed by atoms with Crippen LogP contribution in [0.15, 0.2) is 48.5 Å². The highest BCUT2D eigenvalue weighted by molar-refractivity contribution is 5.94. The second kappa shape index (κ2) is 6.65. The molecule has 0 aliphatic carbocycles. The standard InChI is InChI=1S/C20H24N4/c1-16-15-18(22-21-16)9-10-23-11-13-24(14-12-23)20-8-4-6-17-5-2-3-7-19(17)20/h2-8,15H,9-14H2,1H3,(H,21,22). The normalized spacial score (nSPS) is 16.0. The average molecular weight is 320 g/mol. The molecule has 0 spiro atoms. The van der Waals surface area contributed by atoms with Gasteiger partial charge in [-0.1, -0.05) is 36.4 Å². The van der Waals surface area contributed by atoms with Crippen molar-refractivity contribution in [2.45, 2.75) is 13.3 Å². The monoisotopic (exact) mass is 320 g/mol. The van der Waals surface area contributed by atoms with Crippen LogP contribution in [0.3, 0.4) is 0 Å². The minimum atomic E-state index is 1.03. The van der Waals surface area contributed by atoms with Crippen LogP contribution in [0.2, 0.25) is 0 Å². The Morgan fingerprint density at radius 1 is 1.00 bits per heavy atom. The Balaban J connectivity index is 1.38. The smallest absolute Gasteiger partial charge is 0.0637 e. The molecule has 1 fully saturated rings. The van der Waals surface area contributed by atoms with E-state index in [1.54, 1.807) is 0 Å². The minimum Gasteiger partial charge on any atom is -0.368 e. The number of hydrogen-bond acceptors (Lipinski definition) is 3. The quantitative estimate of drug-likeness (QED) is 0.801. The lowest BCUT2D eigenvalue weighted by Gasteiger charge is -2.36. The number of aromatic nitrogens is 2. The molecule has 1 aliphatic rings. The maximum atomic E-state index is 4.33. The molecule has 1 aromatic heterocycles. The molecule has 0 saturated carbocycles. The van der Waals surface area contributed by atoms with Gasteiger partial charge in [0.2, 0.25) is 0 Å². The Morgan fingerprint density at radius 2 is 1.79 bits per heavy atom. The second-order valence-electron chi connectivity index (χ2n) is 6.62. The van der Waals surface area contributed by atoms with Crippen LogP contribution in [-0.4, -0.2) is 47.8 Å². The third-order valence-corrected chi connectivity index (χ3v) is 4.92. The molecule has 4 rings (SSSR count). The number of anilines is 1. The number of H-pyrrole nitrogens is 1. The summed E-state index contributed by atoms with van der Waals surface area (Å²) in [6.45, 7) is 7.56. The molecule has 0 radical (unpaired) electrons. The molecule has 0 amide bonds. The van der Waals surface area contributed by atoms with Crippen molar-refractivity contribution in [3.05, 3.63) is 59.9 Å². The maximum absolute atomic E-state index is 4.33. The summed E-state index contributed by atoms with van der Waals surface area (Å²) >= 11 is 0. The number of aryl methyl sites for hydroxylation is 1. The highest BCUT2D eigenvalue weighted by Crippen LogP contribution is 2.27. The van der Waals surface area contributed by atoms with E-state index in [9.17, 15) is 0 Å². The molecule has 0 unspecified atom stereocenters.